The second-order valence-electron chi connectivity index (χ2n) is 6.07. The zero-order chi connectivity index (χ0) is 19.4. The first kappa shape index (κ1) is 18.7. The van der Waals surface area contributed by atoms with E-state index in [1.54, 1.807) is 35.9 Å². The van der Waals surface area contributed by atoms with Crippen molar-refractivity contribution in [2.45, 2.75) is 20.4 Å². The normalized spacial score (nSPS) is 10.5. The lowest BCUT2D eigenvalue weighted by molar-refractivity contribution is 0.0846. The highest BCUT2D eigenvalue weighted by atomic mass is 35.5. The summed E-state index contributed by atoms with van der Waals surface area (Å²) >= 11 is 6.21. The van der Waals surface area contributed by atoms with Crippen molar-refractivity contribution in [1.82, 2.24) is 20.6 Å². The largest absolute Gasteiger partial charge is 0.273 e. The fraction of sp³-hybridized carbons (Fsp3) is 0.150. The maximum absolute atomic E-state index is 12.5. The molecular weight excluding hydrogens is 364 g/mol. The fourth-order valence-electron chi connectivity index (χ4n) is 2.81. The van der Waals surface area contributed by atoms with Gasteiger partial charge in [0.25, 0.3) is 11.8 Å². The Balaban J connectivity index is 1.73. The molecule has 0 saturated heterocycles. The van der Waals surface area contributed by atoms with E-state index in [1.807, 2.05) is 37.3 Å². The quantitative estimate of drug-likeness (QED) is 0.680. The van der Waals surface area contributed by atoms with Crippen LogP contribution in [0.25, 0.3) is 0 Å². The zero-order valence-electron chi connectivity index (χ0n) is 15.0. The van der Waals surface area contributed by atoms with Crippen molar-refractivity contribution >= 4 is 23.4 Å². The van der Waals surface area contributed by atoms with Crippen LogP contribution >= 0.6 is 11.6 Å². The molecule has 3 rings (SSSR count). The molecule has 6 nitrogen and oxygen atoms in total. The maximum Gasteiger partial charge on any atom is 0.273 e. The summed E-state index contributed by atoms with van der Waals surface area (Å²) in [6, 6.07) is 16.1. The van der Waals surface area contributed by atoms with Gasteiger partial charge in [-0.3, -0.25) is 25.1 Å². The lowest BCUT2D eigenvalue weighted by Crippen LogP contribution is -2.42. The number of benzene rings is 2. The van der Waals surface area contributed by atoms with Crippen LogP contribution in [0.3, 0.4) is 0 Å². The molecule has 1 heterocycles. The van der Waals surface area contributed by atoms with E-state index in [-0.39, 0.29) is 5.91 Å². The van der Waals surface area contributed by atoms with Crippen LogP contribution in [0.2, 0.25) is 5.02 Å². The molecule has 27 heavy (non-hydrogen) atoms. The van der Waals surface area contributed by atoms with Gasteiger partial charge in [-0.25, -0.2) is 0 Å². The highest BCUT2D eigenvalue weighted by Gasteiger charge is 2.19. The smallest absolute Gasteiger partial charge is 0.267 e. The summed E-state index contributed by atoms with van der Waals surface area (Å²) in [6.07, 6.45) is 0. The Morgan fingerprint density at radius 1 is 0.963 bits per heavy atom. The minimum atomic E-state index is -0.417. The molecule has 0 aliphatic heterocycles. The second-order valence-corrected chi connectivity index (χ2v) is 6.48. The highest BCUT2D eigenvalue weighted by Crippen LogP contribution is 2.19. The average Bonchev–Trinajstić information content (AvgIpc) is 2.95. The third-order valence-electron chi connectivity index (χ3n) is 4.21. The minimum absolute atomic E-state index is 0.386. The molecule has 138 valence electrons. The van der Waals surface area contributed by atoms with Crippen LogP contribution in [0.15, 0.2) is 54.6 Å². The van der Waals surface area contributed by atoms with Gasteiger partial charge in [-0.15, -0.1) is 0 Å². The predicted molar refractivity (Wildman–Crippen MR) is 104 cm³/mol. The van der Waals surface area contributed by atoms with Crippen LogP contribution in [-0.2, 0) is 6.54 Å². The summed E-state index contributed by atoms with van der Waals surface area (Å²) in [4.78, 5) is 24.6. The maximum atomic E-state index is 12.5. The first-order chi connectivity index (χ1) is 13.0. The van der Waals surface area contributed by atoms with Gasteiger partial charge in [0, 0.05) is 16.3 Å². The Bertz CT molecular complexity index is 983. The van der Waals surface area contributed by atoms with E-state index >= 15 is 0 Å². The van der Waals surface area contributed by atoms with Crippen LogP contribution in [-0.4, -0.2) is 21.6 Å². The summed E-state index contributed by atoms with van der Waals surface area (Å²) in [5.74, 6) is -0.803. The zero-order valence-corrected chi connectivity index (χ0v) is 15.7. The third-order valence-corrected chi connectivity index (χ3v) is 4.58. The molecular formula is C20H19ClN4O2. The molecule has 0 unspecified atom stereocenters. The van der Waals surface area contributed by atoms with E-state index in [1.165, 1.54) is 0 Å². The van der Waals surface area contributed by atoms with Gasteiger partial charge in [-0.05, 0) is 37.6 Å². The number of nitrogens with one attached hydrogen (secondary N) is 2. The molecule has 0 aliphatic rings. The average molecular weight is 383 g/mol. The first-order valence-corrected chi connectivity index (χ1v) is 8.78. The summed E-state index contributed by atoms with van der Waals surface area (Å²) in [7, 11) is 0. The van der Waals surface area contributed by atoms with Crippen LogP contribution in [0.1, 0.15) is 37.7 Å². The lowest BCUT2D eigenvalue weighted by Gasteiger charge is -2.09. The van der Waals surface area contributed by atoms with E-state index in [9.17, 15) is 9.59 Å². The molecule has 0 fully saturated rings. The topological polar surface area (TPSA) is 76.0 Å². The standard InChI is InChI=1S/C20H19ClN4O2/c1-13-18(20(27)23-22-19(26)15-8-4-3-5-9-15)14(2)25(24-13)12-16-10-6-7-11-17(16)21/h3-11H,12H2,1-2H3,(H,22,26)(H,23,27). The Morgan fingerprint density at radius 2 is 1.59 bits per heavy atom. The van der Waals surface area contributed by atoms with Crippen molar-refractivity contribution in [1.29, 1.82) is 0 Å². The van der Waals surface area contributed by atoms with Crippen LogP contribution in [0.5, 0.6) is 0 Å². The molecule has 3 aromatic rings. The summed E-state index contributed by atoms with van der Waals surface area (Å²) < 4.78 is 1.73. The number of nitrogens with zero attached hydrogens (tertiary/aromatic N) is 2. The molecule has 7 heteroatoms. The monoisotopic (exact) mass is 382 g/mol. The summed E-state index contributed by atoms with van der Waals surface area (Å²) in [5, 5.41) is 5.08. The van der Waals surface area contributed by atoms with E-state index < -0.39 is 5.91 Å². The van der Waals surface area contributed by atoms with Gasteiger partial charge in [0.2, 0.25) is 0 Å². The van der Waals surface area contributed by atoms with Crippen molar-refractivity contribution in [2.75, 3.05) is 0 Å². The molecule has 0 atom stereocenters. The molecule has 1 aromatic heterocycles. The van der Waals surface area contributed by atoms with Crippen LogP contribution < -0.4 is 10.9 Å². The SMILES string of the molecule is Cc1nn(Cc2ccccc2Cl)c(C)c1C(=O)NNC(=O)c1ccccc1. The molecule has 0 spiro atoms. The Kier molecular flexibility index (Phi) is 5.57. The Labute approximate surface area is 162 Å². The van der Waals surface area contributed by atoms with Crippen molar-refractivity contribution in [3.8, 4) is 0 Å². The molecule has 0 saturated carbocycles. The van der Waals surface area contributed by atoms with E-state index in [2.05, 4.69) is 16.0 Å². The number of hydrogen-bond acceptors (Lipinski definition) is 3. The van der Waals surface area contributed by atoms with Gasteiger partial charge in [0.1, 0.15) is 0 Å². The Hall–Kier alpha value is -3.12. The van der Waals surface area contributed by atoms with Crippen molar-refractivity contribution in [3.05, 3.63) is 87.7 Å². The molecule has 0 radical (unpaired) electrons. The minimum Gasteiger partial charge on any atom is -0.267 e. The van der Waals surface area contributed by atoms with Gasteiger partial charge in [-0.1, -0.05) is 48.0 Å². The van der Waals surface area contributed by atoms with Gasteiger partial charge in [0.15, 0.2) is 0 Å². The molecule has 0 aliphatic carbocycles. The highest BCUT2D eigenvalue weighted by molar-refractivity contribution is 6.31. The van der Waals surface area contributed by atoms with Gasteiger partial charge in [-0.2, -0.15) is 5.10 Å². The molecule has 2 aromatic carbocycles. The van der Waals surface area contributed by atoms with E-state index in [0.29, 0.717) is 34.1 Å². The number of rotatable bonds is 4. The van der Waals surface area contributed by atoms with E-state index in [0.717, 1.165) is 5.56 Å². The molecule has 2 amide bonds. The first-order valence-electron chi connectivity index (χ1n) is 8.40. The number of carbonyl (C=O) groups is 2. The number of hydrogen-bond donors (Lipinski definition) is 2. The summed E-state index contributed by atoms with van der Waals surface area (Å²) in [6.45, 7) is 4.02. The molecule has 2 N–H and O–H groups in total. The number of aryl methyl sites for hydroxylation is 1. The van der Waals surface area contributed by atoms with Crippen molar-refractivity contribution in [2.24, 2.45) is 0 Å². The number of aromatic nitrogens is 2. The van der Waals surface area contributed by atoms with Gasteiger partial charge < -0.3 is 0 Å². The Morgan fingerprint density at radius 3 is 2.30 bits per heavy atom. The predicted octanol–water partition coefficient (Wildman–Crippen LogP) is 3.28. The van der Waals surface area contributed by atoms with Gasteiger partial charge in [0.05, 0.1) is 17.8 Å². The number of halogens is 1. The van der Waals surface area contributed by atoms with Crippen molar-refractivity contribution < 1.29 is 9.59 Å². The lowest BCUT2D eigenvalue weighted by atomic mass is 10.2. The number of hydrazine groups is 1. The third kappa shape index (κ3) is 4.17. The summed E-state index contributed by atoms with van der Waals surface area (Å²) in [5.41, 5.74) is 7.94. The number of carbonyl (C=O) groups excluding carboxylic acids is 2. The second kappa shape index (κ2) is 8.05. The molecule has 0 bridgehead atoms. The van der Waals surface area contributed by atoms with Crippen molar-refractivity contribution in [3.63, 3.8) is 0 Å². The fourth-order valence-corrected chi connectivity index (χ4v) is 3.00. The van der Waals surface area contributed by atoms with Crippen LogP contribution in [0, 0.1) is 13.8 Å². The van der Waals surface area contributed by atoms with Gasteiger partial charge >= 0.3 is 0 Å². The van der Waals surface area contributed by atoms with Crippen LogP contribution in [0.4, 0.5) is 0 Å². The number of amides is 2. The van der Waals surface area contributed by atoms with E-state index in [4.69, 9.17) is 11.6 Å².